The molecule has 0 aromatic heterocycles. The fourth-order valence-corrected chi connectivity index (χ4v) is 2.36. The van der Waals surface area contributed by atoms with E-state index in [2.05, 4.69) is 10.2 Å². The maximum absolute atomic E-state index is 5.34. The van der Waals surface area contributed by atoms with Crippen molar-refractivity contribution >= 4 is 0 Å². The second-order valence-corrected chi connectivity index (χ2v) is 4.44. The molecule has 2 aliphatic heterocycles. The zero-order valence-corrected chi connectivity index (χ0v) is 9.00. The summed E-state index contributed by atoms with van der Waals surface area (Å²) in [6.07, 6.45) is 4.15. The Bertz CT molecular complexity index is 133. The smallest absolute Gasteiger partial charge is 0.0594 e. The molecule has 0 saturated carbocycles. The van der Waals surface area contributed by atoms with E-state index in [0.717, 1.165) is 32.2 Å². The first kappa shape index (κ1) is 10.4. The maximum atomic E-state index is 5.34. The van der Waals surface area contributed by atoms with Gasteiger partial charge in [0.1, 0.15) is 0 Å². The molecular formula is C11H22N2O. The van der Waals surface area contributed by atoms with E-state index in [9.17, 15) is 0 Å². The largest absolute Gasteiger partial charge is 0.379 e. The number of piperidine rings is 1. The number of morpholine rings is 1. The van der Waals surface area contributed by atoms with Crippen LogP contribution in [0.3, 0.4) is 0 Å². The van der Waals surface area contributed by atoms with Crippen molar-refractivity contribution in [1.29, 1.82) is 0 Å². The van der Waals surface area contributed by atoms with Gasteiger partial charge in [-0.2, -0.15) is 0 Å². The number of ether oxygens (including phenoxy) is 1. The Labute approximate surface area is 86.8 Å². The van der Waals surface area contributed by atoms with Crippen molar-refractivity contribution in [2.75, 3.05) is 45.9 Å². The van der Waals surface area contributed by atoms with Crippen molar-refractivity contribution < 1.29 is 4.74 Å². The lowest BCUT2D eigenvalue weighted by molar-refractivity contribution is 0.0347. The maximum Gasteiger partial charge on any atom is 0.0594 e. The van der Waals surface area contributed by atoms with Gasteiger partial charge in [-0.05, 0) is 44.8 Å². The molecule has 0 atom stereocenters. The average Bonchev–Trinajstić information content (AvgIpc) is 2.29. The zero-order valence-electron chi connectivity index (χ0n) is 9.00. The number of hydrogen-bond acceptors (Lipinski definition) is 3. The highest BCUT2D eigenvalue weighted by Gasteiger charge is 2.15. The molecule has 0 bridgehead atoms. The van der Waals surface area contributed by atoms with Gasteiger partial charge < -0.3 is 10.1 Å². The summed E-state index contributed by atoms with van der Waals surface area (Å²) < 4.78 is 5.34. The molecule has 0 aromatic carbocycles. The van der Waals surface area contributed by atoms with Gasteiger partial charge in [-0.25, -0.2) is 0 Å². The van der Waals surface area contributed by atoms with Crippen molar-refractivity contribution in [2.45, 2.75) is 19.3 Å². The molecule has 3 heteroatoms. The second-order valence-electron chi connectivity index (χ2n) is 4.44. The molecule has 0 aliphatic carbocycles. The summed E-state index contributed by atoms with van der Waals surface area (Å²) in [5.74, 6) is 0.971. The summed E-state index contributed by atoms with van der Waals surface area (Å²) in [5, 5.41) is 3.42. The van der Waals surface area contributed by atoms with E-state index in [1.54, 1.807) is 0 Å². The molecule has 2 saturated heterocycles. The summed E-state index contributed by atoms with van der Waals surface area (Å²) >= 11 is 0. The standard InChI is InChI=1S/C11H22N2O/c1-4-12-5-2-11(1)3-6-13-7-9-14-10-8-13/h11-12H,1-10H2. The fourth-order valence-electron chi connectivity index (χ4n) is 2.36. The molecule has 0 aromatic rings. The molecule has 3 nitrogen and oxygen atoms in total. The van der Waals surface area contributed by atoms with Gasteiger partial charge in [0.15, 0.2) is 0 Å². The molecule has 1 N–H and O–H groups in total. The number of rotatable bonds is 3. The zero-order chi connectivity index (χ0) is 9.64. The molecule has 2 aliphatic rings. The Hall–Kier alpha value is -0.120. The van der Waals surface area contributed by atoms with Crippen LogP contribution in [0, 0.1) is 5.92 Å². The van der Waals surface area contributed by atoms with Gasteiger partial charge in [0.25, 0.3) is 0 Å². The molecule has 0 unspecified atom stereocenters. The monoisotopic (exact) mass is 198 g/mol. The van der Waals surface area contributed by atoms with Crippen LogP contribution in [0.15, 0.2) is 0 Å². The lowest BCUT2D eigenvalue weighted by Gasteiger charge is -2.29. The van der Waals surface area contributed by atoms with Crippen LogP contribution >= 0.6 is 0 Å². The summed E-state index contributed by atoms with van der Waals surface area (Å²) in [5.41, 5.74) is 0. The van der Waals surface area contributed by atoms with E-state index in [1.807, 2.05) is 0 Å². The van der Waals surface area contributed by atoms with Crippen molar-refractivity contribution in [2.24, 2.45) is 5.92 Å². The van der Waals surface area contributed by atoms with Crippen molar-refractivity contribution in [3.63, 3.8) is 0 Å². The molecule has 0 radical (unpaired) electrons. The third kappa shape index (κ3) is 3.23. The van der Waals surface area contributed by atoms with Gasteiger partial charge in [-0.3, -0.25) is 4.90 Å². The average molecular weight is 198 g/mol. The van der Waals surface area contributed by atoms with Gasteiger partial charge in [0.2, 0.25) is 0 Å². The van der Waals surface area contributed by atoms with Gasteiger partial charge in [-0.1, -0.05) is 0 Å². The van der Waals surface area contributed by atoms with Crippen LogP contribution in [-0.4, -0.2) is 50.8 Å². The van der Waals surface area contributed by atoms with E-state index in [0.29, 0.717) is 0 Å². The minimum atomic E-state index is 0.937. The Balaban J connectivity index is 1.60. The third-order valence-electron chi connectivity index (χ3n) is 3.42. The van der Waals surface area contributed by atoms with Crippen molar-refractivity contribution in [1.82, 2.24) is 10.2 Å². The van der Waals surface area contributed by atoms with E-state index >= 15 is 0 Å². The van der Waals surface area contributed by atoms with E-state index in [1.165, 1.54) is 38.9 Å². The quantitative estimate of drug-likeness (QED) is 0.723. The van der Waals surface area contributed by atoms with Gasteiger partial charge in [-0.15, -0.1) is 0 Å². The van der Waals surface area contributed by atoms with E-state index in [-0.39, 0.29) is 0 Å². The van der Waals surface area contributed by atoms with Crippen LogP contribution in [-0.2, 0) is 4.74 Å². The van der Waals surface area contributed by atoms with Crippen molar-refractivity contribution in [3.8, 4) is 0 Å². The Morgan fingerprint density at radius 1 is 1.14 bits per heavy atom. The minimum absolute atomic E-state index is 0.937. The molecule has 82 valence electrons. The highest BCUT2D eigenvalue weighted by Crippen LogP contribution is 2.16. The molecule has 14 heavy (non-hydrogen) atoms. The Kier molecular flexibility index (Phi) is 4.22. The number of hydrogen-bond donors (Lipinski definition) is 1. The highest BCUT2D eigenvalue weighted by molar-refractivity contribution is 4.71. The Morgan fingerprint density at radius 2 is 1.86 bits per heavy atom. The second kappa shape index (κ2) is 5.69. The molecule has 2 fully saturated rings. The van der Waals surface area contributed by atoms with Crippen molar-refractivity contribution in [3.05, 3.63) is 0 Å². The van der Waals surface area contributed by atoms with Gasteiger partial charge >= 0.3 is 0 Å². The lowest BCUT2D eigenvalue weighted by Crippen LogP contribution is -2.38. The number of nitrogens with one attached hydrogen (secondary N) is 1. The molecular weight excluding hydrogens is 176 g/mol. The normalized spacial score (nSPS) is 26.6. The first-order valence-electron chi connectivity index (χ1n) is 5.96. The van der Waals surface area contributed by atoms with Crippen LogP contribution in [0.25, 0.3) is 0 Å². The molecule has 0 amide bonds. The first-order valence-corrected chi connectivity index (χ1v) is 5.96. The Morgan fingerprint density at radius 3 is 2.57 bits per heavy atom. The fraction of sp³-hybridized carbons (Fsp3) is 1.00. The number of nitrogens with zero attached hydrogens (tertiary/aromatic N) is 1. The van der Waals surface area contributed by atoms with Crippen LogP contribution in [0.5, 0.6) is 0 Å². The summed E-state index contributed by atoms with van der Waals surface area (Å²) in [4.78, 5) is 2.55. The summed E-state index contributed by atoms with van der Waals surface area (Å²) in [6, 6.07) is 0. The summed E-state index contributed by atoms with van der Waals surface area (Å²) in [7, 11) is 0. The topological polar surface area (TPSA) is 24.5 Å². The summed E-state index contributed by atoms with van der Waals surface area (Å²) in [6.45, 7) is 7.91. The minimum Gasteiger partial charge on any atom is -0.379 e. The third-order valence-corrected chi connectivity index (χ3v) is 3.42. The lowest BCUT2D eigenvalue weighted by atomic mass is 9.94. The van der Waals surface area contributed by atoms with Crippen LogP contribution in [0.2, 0.25) is 0 Å². The van der Waals surface area contributed by atoms with Crippen LogP contribution in [0.1, 0.15) is 19.3 Å². The van der Waals surface area contributed by atoms with Crippen LogP contribution < -0.4 is 5.32 Å². The van der Waals surface area contributed by atoms with Gasteiger partial charge in [0, 0.05) is 13.1 Å². The molecule has 2 rings (SSSR count). The van der Waals surface area contributed by atoms with Crippen LogP contribution in [0.4, 0.5) is 0 Å². The van der Waals surface area contributed by atoms with E-state index in [4.69, 9.17) is 4.74 Å². The first-order chi connectivity index (χ1) is 6.95. The predicted molar refractivity (Wildman–Crippen MR) is 57.5 cm³/mol. The van der Waals surface area contributed by atoms with Gasteiger partial charge in [0.05, 0.1) is 13.2 Å². The molecule has 2 heterocycles. The predicted octanol–water partition coefficient (Wildman–Crippen LogP) is 0.708. The van der Waals surface area contributed by atoms with E-state index < -0.39 is 0 Å². The SMILES string of the molecule is C1CC(CCN2CCOCC2)CCN1. The highest BCUT2D eigenvalue weighted by atomic mass is 16.5. The molecule has 0 spiro atoms.